The van der Waals surface area contributed by atoms with Crippen LogP contribution in [0.5, 0.6) is 0 Å². The zero-order valence-electron chi connectivity index (χ0n) is 11.3. The van der Waals surface area contributed by atoms with Crippen molar-refractivity contribution in [3.63, 3.8) is 0 Å². The molecule has 3 rings (SSSR count). The van der Waals surface area contributed by atoms with Crippen LogP contribution in [0, 0.1) is 6.92 Å². The van der Waals surface area contributed by atoms with Gasteiger partial charge in [0.15, 0.2) is 0 Å². The van der Waals surface area contributed by atoms with Crippen molar-refractivity contribution in [1.82, 2.24) is 15.3 Å². The van der Waals surface area contributed by atoms with Crippen molar-refractivity contribution in [2.24, 2.45) is 0 Å². The lowest BCUT2D eigenvalue weighted by molar-refractivity contribution is 0.0957. The molecule has 0 saturated heterocycles. The summed E-state index contributed by atoms with van der Waals surface area (Å²) in [5.41, 5.74) is 1.70. The van der Waals surface area contributed by atoms with E-state index < -0.39 is 0 Å². The van der Waals surface area contributed by atoms with Gasteiger partial charge in [-0.2, -0.15) is 11.3 Å². The largest absolute Gasteiger partial charge is 0.351 e. The Labute approximate surface area is 128 Å². The summed E-state index contributed by atoms with van der Waals surface area (Å²) in [6.45, 7) is 2.36. The Bertz CT molecular complexity index is 834. The zero-order valence-corrected chi connectivity index (χ0v) is 12.9. The SMILES string of the molecule is Cc1c(C(=O)NCCc2ccsc2)sc2nc[nH]c(=O)c12. The van der Waals surface area contributed by atoms with Crippen LogP contribution in [0.15, 0.2) is 27.9 Å². The fraction of sp³-hybridized carbons (Fsp3) is 0.214. The summed E-state index contributed by atoms with van der Waals surface area (Å²) in [5, 5.41) is 7.49. The Morgan fingerprint density at radius 3 is 3.05 bits per heavy atom. The van der Waals surface area contributed by atoms with E-state index in [1.165, 1.54) is 23.2 Å². The third kappa shape index (κ3) is 2.74. The highest BCUT2D eigenvalue weighted by Crippen LogP contribution is 2.26. The molecular formula is C14H13N3O2S2. The number of nitrogens with one attached hydrogen (secondary N) is 2. The summed E-state index contributed by atoms with van der Waals surface area (Å²) in [6.07, 6.45) is 2.16. The number of aromatic amines is 1. The lowest BCUT2D eigenvalue weighted by atomic mass is 10.2. The van der Waals surface area contributed by atoms with E-state index in [4.69, 9.17) is 0 Å². The first-order chi connectivity index (χ1) is 10.2. The van der Waals surface area contributed by atoms with Gasteiger partial charge in [-0.15, -0.1) is 11.3 Å². The van der Waals surface area contributed by atoms with Crippen molar-refractivity contribution in [3.05, 3.63) is 49.5 Å². The van der Waals surface area contributed by atoms with Crippen LogP contribution in [0.4, 0.5) is 0 Å². The van der Waals surface area contributed by atoms with Crippen molar-refractivity contribution in [2.75, 3.05) is 6.54 Å². The number of thiophene rings is 2. The van der Waals surface area contributed by atoms with Crippen molar-refractivity contribution in [3.8, 4) is 0 Å². The van der Waals surface area contributed by atoms with Crippen LogP contribution in [-0.4, -0.2) is 22.4 Å². The van der Waals surface area contributed by atoms with Crippen LogP contribution < -0.4 is 10.9 Å². The monoisotopic (exact) mass is 319 g/mol. The first-order valence-corrected chi connectivity index (χ1v) is 8.19. The molecule has 0 aliphatic heterocycles. The lowest BCUT2D eigenvalue weighted by Crippen LogP contribution is -2.25. The van der Waals surface area contributed by atoms with Gasteiger partial charge < -0.3 is 10.3 Å². The molecule has 0 aliphatic carbocycles. The number of aryl methyl sites for hydroxylation is 1. The van der Waals surface area contributed by atoms with Crippen molar-refractivity contribution in [2.45, 2.75) is 13.3 Å². The molecule has 0 radical (unpaired) electrons. The number of fused-ring (bicyclic) bond motifs is 1. The summed E-state index contributed by atoms with van der Waals surface area (Å²) in [4.78, 5) is 31.8. The molecular weight excluding hydrogens is 306 g/mol. The molecule has 7 heteroatoms. The summed E-state index contributed by atoms with van der Waals surface area (Å²) in [7, 11) is 0. The normalized spacial score (nSPS) is 10.9. The molecule has 0 spiro atoms. The number of amides is 1. The van der Waals surface area contributed by atoms with Crippen LogP contribution in [-0.2, 0) is 6.42 Å². The smallest absolute Gasteiger partial charge is 0.261 e. The number of hydrogen-bond donors (Lipinski definition) is 2. The van der Waals surface area contributed by atoms with Gasteiger partial charge >= 0.3 is 0 Å². The average molecular weight is 319 g/mol. The summed E-state index contributed by atoms with van der Waals surface area (Å²) in [5.74, 6) is -0.148. The standard InChI is InChI=1S/C14H13N3O2S2/c1-8-10-12(18)16-7-17-14(10)21-11(8)13(19)15-4-2-9-3-5-20-6-9/h3,5-7H,2,4H2,1H3,(H,15,19)(H,16,17,18). The predicted molar refractivity (Wildman–Crippen MR) is 85.3 cm³/mol. The van der Waals surface area contributed by atoms with Crippen LogP contribution in [0.2, 0.25) is 0 Å². The van der Waals surface area contributed by atoms with Crippen LogP contribution in [0.25, 0.3) is 10.2 Å². The second-order valence-electron chi connectivity index (χ2n) is 4.61. The zero-order chi connectivity index (χ0) is 14.8. The molecule has 0 aliphatic rings. The fourth-order valence-corrected chi connectivity index (χ4v) is 3.90. The number of hydrogen-bond acceptors (Lipinski definition) is 5. The molecule has 108 valence electrons. The minimum atomic E-state index is -0.203. The van der Waals surface area contributed by atoms with Crippen LogP contribution in [0.1, 0.15) is 20.8 Å². The summed E-state index contributed by atoms with van der Waals surface area (Å²) < 4.78 is 0. The highest BCUT2D eigenvalue weighted by molar-refractivity contribution is 7.20. The van der Waals surface area contributed by atoms with Gasteiger partial charge in [0, 0.05) is 6.54 Å². The lowest BCUT2D eigenvalue weighted by Gasteiger charge is -2.03. The molecule has 5 nitrogen and oxygen atoms in total. The molecule has 21 heavy (non-hydrogen) atoms. The number of carbonyl (C=O) groups excluding carboxylic acids is 1. The second kappa shape index (κ2) is 5.79. The van der Waals surface area contributed by atoms with E-state index in [0.717, 1.165) is 6.42 Å². The molecule has 1 amide bonds. The van der Waals surface area contributed by atoms with Gasteiger partial charge in [0.25, 0.3) is 11.5 Å². The molecule has 0 saturated carbocycles. The fourth-order valence-electron chi connectivity index (χ4n) is 2.13. The van der Waals surface area contributed by atoms with Gasteiger partial charge in [-0.3, -0.25) is 9.59 Å². The molecule has 0 bridgehead atoms. The first kappa shape index (κ1) is 14.0. The average Bonchev–Trinajstić information content (AvgIpc) is 3.08. The van der Waals surface area contributed by atoms with Crippen molar-refractivity contribution >= 4 is 38.8 Å². The number of aromatic nitrogens is 2. The topological polar surface area (TPSA) is 74.8 Å². The number of rotatable bonds is 4. The predicted octanol–water partition coefficient (Wildman–Crippen LogP) is 2.33. The Balaban J connectivity index is 1.77. The first-order valence-electron chi connectivity index (χ1n) is 6.43. The Morgan fingerprint density at radius 2 is 2.33 bits per heavy atom. The Hall–Kier alpha value is -1.99. The maximum Gasteiger partial charge on any atom is 0.261 e. The van der Waals surface area contributed by atoms with E-state index in [0.29, 0.717) is 27.2 Å². The summed E-state index contributed by atoms with van der Waals surface area (Å²) in [6, 6.07) is 2.05. The highest BCUT2D eigenvalue weighted by Gasteiger charge is 2.17. The van der Waals surface area contributed by atoms with E-state index in [2.05, 4.69) is 20.7 Å². The second-order valence-corrected chi connectivity index (χ2v) is 6.38. The van der Waals surface area contributed by atoms with Crippen molar-refractivity contribution < 1.29 is 4.79 Å². The van der Waals surface area contributed by atoms with Gasteiger partial charge in [-0.25, -0.2) is 4.98 Å². The molecule has 2 N–H and O–H groups in total. The minimum absolute atomic E-state index is 0.148. The van der Waals surface area contributed by atoms with Gasteiger partial charge in [0.05, 0.1) is 16.6 Å². The molecule has 0 unspecified atom stereocenters. The maximum atomic E-state index is 12.2. The minimum Gasteiger partial charge on any atom is -0.351 e. The summed E-state index contributed by atoms with van der Waals surface area (Å²) >= 11 is 2.90. The molecule has 3 heterocycles. The van der Waals surface area contributed by atoms with E-state index in [1.807, 2.05) is 11.4 Å². The van der Waals surface area contributed by atoms with Gasteiger partial charge in [-0.05, 0) is 41.3 Å². The third-order valence-corrected chi connectivity index (χ3v) is 5.15. The van der Waals surface area contributed by atoms with Gasteiger partial charge in [-0.1, -0.05) is 0 Å². The quantitative estimate of drug-likeness (QED) is 0.775. The number of carbonyl (C=O) groups is 1. The van der Waals surface area contributed by atoms with E-state index >= 15 is 0 Å². The number of H-pyrrole nitrogens is 1. The molecule has 3 aromatic rings. The molecule has 0 aromatic carbocycles. The van der Waals surface area contributed by atoms with Crippen molar-refractivity contribution in [1.29, 1.82) is 0 Å². The molecule has 3 aromatic heterocycles. The maximum absolute atomic E-state index is 12.2. The number of nitrogens with zero attached hydrogens (tertiary/aromatic N) is 1. The van der Waals surface area contributed by atoms with Gasteiger partial charge in [0.2, 0.25) is 0 Å². The third-order valence-electron chi connectivity index (χ3n) is 3.22. The van der Waals surface area contributed by atoms with E-state index in [1.54, 1.807) is 18.3 Å². The van der Waals surface area contributed by atoms with Crippen LogP contribution >= 0.6 is 22.7 Å². The Morgan fingerprint density at radius 1 is 1.48 bits per heavy atom. The Kier molecular flexibility index (Phi) is 3.85. The van der Waals surface area contributed by atoms with E-state index in [9.17, 15) is 9.59 Å². The highest BCUT2D eigenvalue weighted by atomic mass is 32.1. The molecule has 0 fully saturated rings. The van der Waals surface area contributed by atoms with E-state index in [-0.39, 0.29) is 11.5 Å². The van der Waals surface area contributed by atoms with Gasteiger partial charge in [0.1, 0.15) is 4.83 Å². The van der Waals surface area contributed by atoms with Crippen LogP contribution in [0.3, 0.4) is 0 Å². The molecule has 0 atom stereocenters.